The summed E-state index contributed by atoms with van der Waals surface area (Å²) in [5, 5.41) is 14.4. The predicted molar refractivity (Wildman–Crippen MR) is 122 cm³/mol. The fourth-order valence-electron chi connectivity index (χ4n) is 3.98. The monoisotopic (exact) mass is 491 g/mol. The number of ether oxygens (including phenoxy) is 1. The standard InChI is InChI=1S/C21H20F3N7O2S/c1-33-15-7-13-11(8-28-30-13)6-14(15)29-18-17-12-2-5-31(20(32)25-4-3-21(22,23)24)9-16(12)34-19(17)27-10-26-18/h6-8,10H,2-5,9H2,1H3,(H,25,32)(H,28,30)(H,26,27,29). The molecule has 0 saturated heterocycles. The van der Waals surface area contributed by atoms with Crippen molar-refractivity contribution in [1.82, 2.24) is 30.4 Å². The third-order valence-electron chi connectivity index (χ3n) is 5.62. The Morgan fingerprint density at radius 1 is 1.32 bits per heavy atom. The number of fused-ring (bicyclic) bond motifs is 4. The van der Waals surface area contributed by atoms with Crippen LogP contribution in [0.3, 0.4) is 0 Å². The minimum atomic E-state index is -4.30. The number of hydrogen-bond acceptors (Lipinski definition) is 7. The second-order valence-electron chi connectivity index (χ2n) is 7.81. The van der Waals surface area contributed by atoms with Gasteiger partial charge in [0, 0.05) is 29.4 Å². The summed E-state index contributed by atoms with van der Waals surface area (Å²) in [5.74, 6) is 1.24. The number of nitrogens with zero attached hydrogens (tertiary/aromatic N) is 4. The maximum absolute atomic E-state index is 12.4. The van der Waals surface area contributed by atoms with Gasteiger partial charge in [0.05, 0.1) is 42.9 Å². The van der Waals surface area contributed by atoms with Gasteiger partial charge in [-0.25, -0.2) is 14.8 Å². The van der Waals surface area contributed by atoms with Gasteiger partial charge in [0.2, 0.25) is 0 Å². The smallest absolute Gasteiger partial charge is 0.390 e. The Bertz CT molecular complexity index is 1370. The molecule has 1 aliphatic rings. The predicted octanol–water partition coefficient (Wildman–Crippen LogP) is 4.34. The van der Waals surface area contributed by atoms with E-state index in [2.05, 4.69) is 30.8 Å². The third-order valence-corrected chi connectivity index (χ3v) is 6.75. The highest BCUT2D eigenvalue weighted by Gasteiger charge is 2.29. The van der Waals surface area contributed by atoms with Crippen LogP contribution in [0.15, 0.2) is 24.7 Å². The Kier molecular flexibility index (Phi) is 5.63. The quantitative estimate of drug-likeness (QED) is 0.383. The highest BCUT2D eigenvalue weighted by molar-refractivity contribution is 7.19. The van der Waals surface area contributed by atoms with Crippen LogP contribution < -0.4 is 15.4 Å². The molecule has 0 atom stereocenters. The number of methoxy groups -OCH3 is 1. The topological polar surface area (TPSA) is 108 Å². The van der Waals surface area contributed by atoms with E-state index in [1.807, 2.05) is 12.1 Å². The summed E-state index contributed by atoms with van der Waals surface area (Å²) in [5.41, 5.74) is 2.60. The van der Waals surface area contributed by atoms with Crippen LogP contribution in [0.25, 0.3) is 21.1 Å². The lowest BCUT2D eigenvalue weighted by Gasteiger charge is -2.27. The number of amides is 2. The summed E-state index contributed by atoms with van der Waals surface area (Å²) >= 11 is 1.45. The number of aromatic nitrogens is 4. The fraction of sp³-hybridized carbons (Fsp3) is 0.333. The van der Waals surface area contributed by atoms with Crippen molar-refractivity contribution in [3.8, 4) is 5.75 Å². The number of urea groups is 1. The van der Waals surface area contributed by atoms with Gasteiger partial charge in [-0.3, -0.25) is 5.10 Å². The van der Waals surface area contributed by atoms with E-state index >= 15 is 0 Å². The average Bonchev–Trinajstić information content (AvgIpc) is 3.41. The van der Waals surface area contributed by atoms with E-state index < -0.39 is 25.2 Å². The van der Waals surface area contributed by atoms with E-state index in [9.17, 15) is 18.0 Å². The molecule has 1 aromatic carbocycles. The first kappa shape index (κ1) is 22.2. The highest BCUT2D eigenvalue weighted by atomic mass is 32.1. The van der Waals surface area contributed by atoms with Gasteiger partial charge in [0.25, 0.3) is 0 Å². The van der Waals surface area contributed by atoms with Gasteiger partial charge in [0.15, 0.2) is 0 Å². The largest absolute Gasteiger partial charge is 0.494 e. The molecule has 4 aromatic rings. The number of rotatable bonds is 5. The van der Waals surface area contributed by atoms with Crippen LogP contribution in [0.5, 0.6) is 5.75 Å². The van der Waals surface area contributed by atoms with E-state index in [0.29, 0.717) is 31.1 Å². The van der Waals surface area contributed by atoms with Crippen molar-refractivity contribution >= 4 is 50.0 Å². The van der Waals surface area contributed by atoms with Crippen molar-refractivity contribution in [2.24, 2.45) is 0 Å². The molecule has 2 amide bonds. The number of alkyl halides is 3. The fourth-order valence-corrected chi connectivity index (χ4v) is 5.19. The maximum Gasteiger partial charge on any atom is 0.390 e. The second-order valence-corrected chi connectivity index (χ2v) is 8.89. The summed E-state index contributed by atoms with van der Waals surface area (Å²) in [6, 6.07) is 3.26. The van der Waals surface area contributed by atoms with Crippen molar-refractivity contribution in [2.45, 2.75) is 25.6 Å². The summed E-state index contributed by atoms with van der Waals surface area (Å²) in [7, 11) is 1.58. The zero-order chi connectivity index (χ0) is 23.9. The Morgan fingerprint density at radius 3 is 2.97 bits per heavy atom. The van der Waals surface area contributed by atoms with Crippen molar-refractivity contribution in [1.29, 1.82) is 0 Å². The van der Waals surface area contributed by atoms with Crippen molar-refractivity contribution in [2.75, 3.05) is 25.5 Å². The van der Waals surface area contributed by atoms with Gasteiger partial charge in [-0.15, -0.1) is 11.3 Å². The number of hydrogen-bond donors (Lipinski definition) is 3. The molecule has 0 bridgehead atoms. The molecule has 13 heteroatoms. The van der Waals surface area contributed by atoms with E-state index in [1.165, 1.54) is 22.6 Å². The molecule has 0 unspecified atom stereocenters. The first-order valence-corrected chi connectivity index (χ1v) is 11.3. The number of thiophene rings is 1. The van der Waals surface area contributed by atoms with Gasteiger partial charge in [-0.05, 0) is 18.1 Å². The van der Waals surface area contributed by atoms with Crippen molar-refractivity contribution < 1.29 is 22.7 Å². The molecular formula is C21H20F3N7O2S. The van der Waals surface area contributed by atoms with Gasteiger partial charge in [0.1, 0.15) is 22.7 Å². The van der Waals surface area contributed by atoms with Gasteiger partial charge >= 0.3 is 12.2 Å². The number of carbonyl (C=O) groups excluding carboxylic acids is 1. The van der Waals surface area contributed by atoms with Crippen LogP contribution in [0, 0.1) is 0 Å². The molecule has 4 heterocycles. The normalized spacial score (nSPS) is 13.8. The molecule has 0 aliphatic carbocycles. The van der Waals surface area contributed by atoms with Gasteiger partial charge in [-0.2, -0.15) is 18.3 Å². The minimum absolute atomic E-state index is 0.304. The van der Waals surface area contributed by atoms with Crippen molar-refractivity contribution in [3.05, 3.63) is 35.1 Å². The Hall–Kier alpha value is -3.61. The number of H-pyrrole nitrogens is 1. The molecule has 0 saturated carbocycles. The van der Waals surface area contributed by atoms with Crippen LogP contribution in [0.1, 0.15) is 16.9 Å². The second kappa shape index (κ2) is 8.63. The first-order chi connectivity index (χ1) is 16.3. The number of halogens is 3. The molecule has 3 N–H and O–H groups in total. The Labute approximate surface area is 195 Å². The Morgan fingerprint density at radius 2 is 2.18 bits per heavy atom. The molecule has 5 rings (SSSR count). The third kappa shape index (κ3) is 4.30. The van der Waals surface area contributed by atoms with E-state index in [-0.39, 0.29) is 0 Å². The van der Waals surface area contributed by atoms with Crippen LogP contribution >= 0.6 is 11.3 Å². The molecule has 0 radical (unpaired) electrons. The van der Waals surface area contributed by atoms with Crippen LogP contribution in [0.4, 0.5) is 29.5 Å². The molecule has 0 fully saturated rings. The lowest BCUT2D eigenvalue weighted by atomic mass is 10.1. The first-order valence-electron chi connectivity index (χ1n) is 10.5. The molecular weight excluding hydrogens is 471 g/mol. The molecule has 34 heavy (non-hydrogen) atoms. The number of benzene rings is 1. The number of nitrogens with one attached hydrogen (secondary N) is 3. The van der Waals surface area contributed by atoms with E-state index in [4.69, 9.17) is 4.74 Å². The summed E-state index contributed by atoms with van der Waals surface area (Å²) in [6.07, 6.45) is -1.63. The lowest BCUT2D eigenvalue weighted by Crippen LogP contribution is -2.43. The minimum Gasteiger partial charge on any atom is -0.494 e. The van der Waals surface area contributed by atoms with Crippen LogP contribution in [-0.4, -0.2) is 57.5 Å². The van der Waals surface area contributed by atoms with E-state index in [1.54, 1.807) is 13.3 Å². The average molecular weight is 491 g/mol. The van der Waals surface area contributed by atoms with Crippen LogP contribution in [-0.2, 0) is 13.0 Å². The summed E-state index contributed by atoms with van der Waals surface area (Å²) in [6.45, 7) is 0.244. The summed E-state index contributed by atoms with van der Waals surface area (Å²) < 4.78 is 42.6. The lowest BCUT2D eigenvalue weighted by molar-refractivity contribution is -0.133. The molecule has 178 valence electrons. The van der Waals surface area contributed by atoms with Crippen molar-refractivity contribution in [3.63, 3.8) is 0 Å². The highest BCUT2D eigenvalue weighted by Crippen LogP contribution is 2.39. The van der Waals surface area contributed by atoms with E-state index in [0.717, 1.165) is 37.2 Å². The summed E-state index contributed by atoms with van der Waals surface area (Å²) in [4.78, 5) is 24.4. The molecule has 9 nitrogen and oxygen atoms in total. The number of carbonyl (C=O) groups is 1. The SMILES string of the molecule is COc1cc2[nH]ncc2cc1Nc1ncnc2sc3c(c12)CCN(C(=O)NCCC(F)(F)F)C3. The maximum atomic E-state index is 12.4. The van der Waals surface area contributed by atoms with Gasteiger partial charge in [-0.1, -0.05) is 0 Å². The zero-order valence-electron chi connectivity index (χ0n) is 18.0. The van der Waals surface area contributed by atoms with Gasteiger partial charge < -0.3 is 20.3 Å². The Balaban J connectivity index is 1.40. The number of anilines is 2. The van der Waals surface area contributed by atoms with Crippen LogP contribution in [0.2, 0.25) is 0 Å². The molecule has 1 aliphatic heterocycles. The molecule has 0 spiro atoms. The zero-order valence-corrected chi connectivity index (χ0v) is 18.8. The number of aromatic amines is 1. The molecule has 3 aromatic heterocycles.